The van der Waals surface area contributed by atoms with Crippen LogP contribution in [-0.2, 0) is 9.59 Å². The minimum atomic E-state index is -0.253. The van der Waals surface area contributed by atoms with E-state index in [4.69, 9.17) is 5.73 Å². The predicted molar refractivity (Wildman–Crippen MR) is 78.7 cm³/mol. The molecule has 5 nitrogen and oxygen atoms in total. The fourth-order valence-electron chi connectivity index (χ4n) is 1.36. The normalized spacial score (nSPS) is 11.7. The Bertz CT molecular complexity index is 432. The fourth-order valence-corrected chi connectivity index (χ4v) is 1.63. The Hall–Kier alpha value is -1.40. The molecule has 1 aromatic rings. The number of hydrogen-bond donors (Lipinski definition) is 3. The lowest BCUT2D eigenvalue weighted by Crippen LogP contribution is -2.33. The van der Waals surface area contributed by atoms with Crippen molar-refractivity contribution in [2.75, 3.05) is 11.9 Å². The number of anilines is 1. The van der Waals surface area contributed by atoms with Crippen LogP contribution < -0.4 is 16.4 Å². The quantitative estimate of drug-likeness (QED) is 0.742. The Morgan fingerprint density at radius 1 is 1.26 bits per heavy atom. The molecule has 1 rings (SSSR count). The van der Waals surface area contributed by atoms with Crippen LogP contribution in [0.15, 0.2) is 28.7 Å². The lowest BCUT2D eigenvalue weighted by Gasteiger charge is -2.08. The summed E-state index contributed by atoms with van der Waals surface area (Å²) in [6.07, 6.45) is 0.948. The van der Waals surface area contributed by atoms with Crippen LogP contribution in [0.4, 0.5) is 5.69 Å². The second-order valence-electron chi connectivity index (χ2n) is 4.35. The van der Waals surface area contributed by atoms with Crippen LogP contribution in [0.25, 0.3) is 0 Å². The summed E-state index contributed by atoms with van der Waals surface area (Å²) in [6, 6.07) is 7.20. The molecule has 0 spiro atoms. The lowest BCUT2D eigenvalue weighted by atomic mass is 10.2. The number of amides is 2. The standard InChI is InChI=1S/C13H18BrN3O2/c1-9(15)2-7-12(18)16-8-13(19)17-11-5-3-10(14)4-6-11/h3-6,9H,2,7-8,15H2,1H3,(H,16,18)(H,17,19). The second kappa shape index (κ2) is 7.91. The fraction of sp³-hybridized carbons (Fsp3) is 0.385. The van der Waals surface area contributed by atoms with Gasteiger partial charge in [-0.05, 0) is 37.6 Å². The van der Waals surface area contributed by atoms with Crippen molar-refractivity contribution in [3.63, 3.8) is 0 Å². The maximum atomic E-state index is 11.6. The zero-order chi connectivity index (χ0) is 14.3. The van der Waals surface area contributed by atoms with Gasteiger partial charge in [0.15, 0.2) is 0 Å². The van der Waals surface area contributed by atoms with E-state index in [1.807, 2.05) is 19.1 Å². The van der Waals surface area contributed by atoms with E-state index in [1.165, 1.54) is 0 Å². The van der Waals surface area contributed by atoms with Gasteiger partial charge in [-0.3, -0.25) is 9.59 Å². The highest BCUT2D eigenvalue weighted by atomic mass is 79.9. The maximum absolute atomic E-state index is 11.6. The summed E-state index contributed by atoms with van der Waals surface area (Å²) in [5.74, 6) is -0.417. The van der Waals surface area contributed by atoms with E-state index < -0.39 is 0 Å². The van der Waals surface area contributed by atoms with Gasteiger partial charge in [-0.2, -0.15) is 0 Å². The van der Waals surface area contributed by atoms with Gasteiger partial charge in [0.05, 0.1) is 6.54 Å². The molecule has 6 heteroatoms. The van der Waals surface area contributed by atoms with Crippen molar-refractivity contribution in [3.05, 3.63) is 28.7 Å². The van der Waals surface area contributed by atoms with E-state index in [-0.39, 0.29) is 24.4 Å². The highest BCUT2D eigenvalue weighted by Crippen LogP contribution is 2.13. The van der Waals surface area contributed by atoms with Crippen LogP contribution in [0.5, 0.6) is 0 Å². The van der Waals surface area contributed by atoms with Crippen molar-refractivity contribution >= 4 is 33.4 Å². The van der Waals surface area contributed by atoms with Crippen molar-refractivity contribution in [2.24, 2.45) is 5.73 Å². The van der Waals surface area contributed by atoms with Gasteiger partial charge in [-0.15, -0.1) is 0 Å². The summed E-state index contributed by atoms with van der Waals surface area (Å²) in [4.78, 5) is 23.0. The van der Waals surface area contributed by atoms with Crippen molar-refractivity contribution in [3.8, 4) is 0 Å². The molecule has 1 atom stereocenters. The smallest absolute Gasteiger partial charge is 0.243 e. The van der Waals surface area contributed by atoms with Gasteiger partial charge in [0, 0.05) is 22.6 Å². The molecule has 104 valence electrons. The molecule has 4 N–H and O–H groups in total. The summed E-state index contributed by atoms with van der Waals surface area (Å²) < 4.78 is 0.940. The van der Waals surface area contributed by atoms with Gasteiger partial charge in [0.25, 0.3) is 0 Å². The summed E-state index contributed by atoms with van der Waals surface area (Å²) in [5.41, 5.74) is 6.24. The van der Waals surface area contributed by atoms with Gasteiger partial charge < -0.3 is 16.4 Å². The molecular weight excluding hydrogens is 310 g/mol. The molecule has 0 saturated carbocycles. The molecule has 0 heterocycles. The minimum Gasteiger partial charge on any atom is -0.347 e. The Kier molecular flexibility index (Phi) is 6.52. The highest BCUT2D eigenvalue weighted by molar-refractivity contribution is 9.10. The van der Waals surface area contributed by atoms with Gasteiger partial charge in [0.1, 0.15) is 0 Å². The van der Waals surface area contributed by atoms with Crippen LogP contribution in [0.3, 0.4) is 0 Å². The Balaban J connectivity index is 2.28. The van der Waals surface area contributed by atoms with Crippen LogP contribution in [0.2, 0.25) is 0 Å². The predicted octanol–water partition coefficient (Wildman–Crippen LogP) is 1.63. The maximum Gasteiger partial charge on any atom is 0.243 e. The number of benzene rings is 1. The first kappa shape index (κ1) is 15.7. The first-order valence-electron chi connectivity index (χ1n) is 6.05. The number of rotatable bonds is 6. The average Bonchev–Trinajstić information content (AvgIpc) is 2.36. The van der Waals surface area contributed by atoms with E-state index in [9.17, 15) is 9.59 Å². The second-order valence-corrected chi connectivity index (χ2v) is 5.26. The Labute approximate surface area is 121 Å². The number of hydrogen-bond acceptors (Lipinski definition) is 3. The molecule has 0 radical (unpaired) electrons. The third kappa shape index (κ3) is 6.93. The van der Waals surface area contributed by atoms with Crippen LogP contribution in [-0.4, -0.2) is 24.4 Å². The number of carbonyl (C=O) groups excluding carboxylic acids is 2. The van der Waals surface area contributed by atoms with Crippen molar-refractivity contribution in [1.82, 2.24) is 5.32 Å². The Morgan fingerprint density at radius 3 is 2.47 bits per heavy atom. The van der Waals surface area contributed by atoms with Gasteiger partial charge in [0.2, 0.25) is 11.8 Å². The zero-order valence-electron chi connectivity index (χ0n) is 10.8. The number of halogens is 1. The molecular formula is C13H18BrN3O2. The largest absolute Gasteiger partial charge is 0.347 e. The minimum absolute atomic E-state index is 0.0117. The lowest BCUT2D eigenvalue weighted by molar-refractivity contribution is -0.124. The molecule has 0 aliphatic heterocycles. The Morgan fingerprint density at radius 2 is 1.89 bits per heavy atom. The van der Waals surface area contributed by atoms with E-state index in [0.29, 0.717) is 18.5 Å². The van der Waals surface area contributed by atoms with E-state index in [1.54, 1.807) is 12.1 Å². The summed E-state index contributed by atoms with van der Waals surface area (Å²) in [6.45, 7) is 1.81. The van der Waals surface area contributed by atoms with Crippen LogP contribution in [0, 0.1) is 0 Å². The van der Waals surface area contributed by atoms with Crippen molar-refractivity contribution < 1.29 is 9.59 Å². The van der Waals surface area contributed by atoms with Crippen LogP contribution >= 0.6 is 15.9 Å². The summed E-state index contributed by atoms with van der Waals surface area (Å²) >= 11 is 3.31. The average molecular weight is 328 g/mol. The SMILES string of the molecule is CC(N)CCC(=O)NCC(=O)Nc1ccc(Br)cc1. The van der Waals surface area contributed by atoms with E-state index in [2.05, 4.69) is 26.6 Å². The topological polar surface area (TPSA) is 84.2 Å². The number of nitrogens with one attached hydrogen (secondary N) is 2. The molecule has 0 bridgehead atoms. The number of carbonyl (C=O) groups is 2. The molecule has 0 aromatic heterocycles. The first-order valence-corrected chi connectivity index (χ1v) is 6.84. The molecule has 1 unspecified atom stereocenters. The number of nitrogens with two attached hydrogens (primary N) is 1. The van der Waals surface area contributed by atoms with E-state index >= 15 is 0 Å². The van der Waals surface area contributed by atoms with Gasteiger partial charge in [-0.1, -0.05) is 15.9 Å². The molecule has 19 heavy (non-hydrogen) atoms. The first-order chi connectivity index (χ1) is 8.97. The summed E-state index contributed by atoms with van der Waals surface area (Å²) in [7, 11) is 0. The zero-order valence-corrected chi connectivity index (χ0v) is 12.4. The molecule has 0 saturated heterocycles. The third-order valence-electron chi connectivity index (χ3n) is 2.40. The van der Waals surface area contributed by atoms with Gasteiger partial charge in [-0.25, -0.2) is 0 Å². The molecule has 0 aliphatic carbocycles. The van der Waals surface area contributed by atoms with Crippen LogP contribution in [0.1, 0.15) is 19.8 Å². The van der Waals surface area contributed by atoms with E-state index in [0.717, 1.165) is 4.47 Å². The van der Waals surface area contributed by atoms with Crippen molar-refractivity contribution in [2.45, 2.75) is 25.8 Å². The monoisotopic (exact) mass is 327 g/mol. The van der Waals surface area contributed by atoms with Crippen molar-refractivity contribution in [1.29, 1.82) is 0 Å². The summed E-state index contributed by atoms with van der Waals surface area (Å²) in [5, 5.41) is 5.24. The molecule has 1 aromatic carbocycles. The third-order valence-corrected chi connectivity index (χ3v) is 2.93. The molecule has 0 aliphatic rings. The molecule has 2 amide bonds. The molecule has 0 fully saturated rings. The van der Waals surface area contributed by atoms with Gasteiger partial charge >= 0.3 is 0 Å². The highest BCUT2D eigenvalue weighted by Gasteiger charge is 2.06.